The standard InChI is InChI=1S/C20H26F3N5O.HI/c1-13-9-14(2)28(27-13)16-7-6-15(18(10-16)20(21,22)23)11-25-19(24-3)26-12-17-5-4-8-29-17;/h6-7,9-10,17H,4-5,8,11-12H2,1-3H3,(H2,24,25,26);1H. The number of hydrogen-bond donors (Lipinski definition) is 2. The Balaban J connectivity index is 0.00000320. The number of benzene rings is 1. The van der Waals surface area contributed by atoms with E-state index in [0.717, 1.165) is 36.9 Å². The maximum Gasteiger partial charge on any atom is 0.416 e. The second kappa shape index (κ2) is 10.5. The van der Waals surface area contributed by atoms with E-state index in [1.807, 2.05) is 19.9 Å². The molecule has 0 spiro atoms. The normalized spacial score (nSPS) is 17.0. The van der Waals surface area contributed by atoms with Crippen molar-refractivity contribution in [1.82, 2.24) is 20.4 Å². The van der Waals surface area contributed by atoms with Crippen molar-refractivity contribution in [2.24, 2.45) is 4.99 Å². The van der Waals surface area contributed by atoms with Crippen molar-refractivity contribution in [3.05, 3.63) is 46.8 Å². The Bertz CT molecular complexity index is 876. The van der Waals surface area contributed by atoms with E-state index in [-0.39, 0.29) is 42.2 Å². The molecule has 10 heteroatoms. The highest BCUT2D eigenvalue weighted by Crippen LogP contribution is 2.33. The molecule has 30 heavy (non-hydrogen) atoms. The van der Waals surface area contributed by atoms with Gasteiger partial charge in [0.2, 0.25) is 0 Å². The van der Waals surface area contributed by atoms with E-state index in [1.165, 1.54) is 10.7 Å². The van der Waals surface area contributed by atoms with Crippen LogP contribution in [0.25, 0.3) is 5.69 Å². The zero-order valence-corrected chi connectivity index (χ0v) is 19.5. The van der Waals surface area contributed by atoms with Crippen molar-refractivity contribution < 1.29 is 17.9 Å². The average Bonchev–Trinajstić information content (AvgIpc) is 3.30. The molecule has 2 aromatic rings. The maximum absolute atomic E-state index is 13.7. The van der Waals surface area contributed by atoms with Crippen molar-refractivity contribution in [3.8, 4) is 5.69 Å². The first kappa shape index (κ1) is 24.4. The fraction of sp³-hybridized carbons (Fsp3) is 0.500. The van der Waals surface area contributed by atoms with Crippen LogP contribution >= 0.6 is 24.0 Å². The van der Waals surface area contributed by atoms with Crippen LogP contribution in [0.2, 0.25) is 0 Å². The fourth-order valence-corrected chi connectivity index (χ4v) is 3.42. The van der Waals surface area contributed by atoms with Crippen LogP contribution in [0.3, 0.4) is 0 Å². The Hall–Kier alpha value is -1.82. The summed E-state index contributed by atoms with van der Waals surface area (Å²) in [5.41, 5.74) is 1.36. The molecule has 3 rings (SSSR count). The molecule has 0 saturated carbocycles. The number of aromatic nitrogens is 2. The van der Waals surface area contributed by atoms with E-state index in [9.17, 15) is 13.2 Å². The number of alkyl halides is 3. The summed E-state index contributed by atoms with van der Waals surface area (Å²) in [4.78, 5) is 4.08. The number of halogens is 4. The third-order valence-corrected chi connectivity index (χ3v) is 4.84. The number of ether oxygens (including phenoxy) is 1. The van der Waals surface area contributed by atoms with E-state index in [2.05, 4.69) is 20.7 Å². The number of rotatable bonds is 5. The molecule has 1 aromatic heterocycles. The molecule has 0 amide bonds. The third-order valence-electron chi connectivity index (χ3n) is 4.84. The van der Waals surface area contributed by atoms with Crippen LogP contribution < -0.4 is 10.6 Å². The van der Waals surface area contributed by atoms with Gasteiger partial charge in [0.25, 0.3) is 0 Å². The number of aliphatic imine (C=N–C) groups is 1. The van der Waals surface area contributed by atoms with Crippen LogP contribution in [0.5, 0.6) is 0 Å². The average molecular weight is 537 g/mol. The van der Waals surface area contributed by atoms with Crippen LogP contribution in [0, 0.1) is 13.8 Å². The highest BCUT2D eigenvalue weighted by molar-refractivity contribution is 14.0. The summed E-state index contributed by atoms with van der Waals surface area (Å²) in [6.07, 6.45) is -2.37. The van der Waals surface area contributed by atoms with Gasteiger partial charge < -0.3 is 15.4 Å². The molecule has 1 aromatic carbocycles. The molecular formula is C20H27F3IN5O. The van der Waals surface area contributed by atoms with Gasteiger partial charge in [-0.1, -0.05) is 6.07 Å². The van der Waals surface area contributed by atoms with Gasteiger partial charge in [0.05, 0.1) is 23.0 Å². The summed E-state index contributed by atoms with van der Waals surface area (Å²) in [6.45, 7) is 4.93. The van der Waals surface area contributed by atoms with E-state index in [0.29, 0.717) is 18.2 Å². The lowest BCUT2D eigenvalue weighted by Crippen LogP contribution is -2.40. The van der Waals surface area contributed by atoms with Crippen molar-refractivity contribution in [1.29, 1.82) is 0 Å². The quantitative estimate of drug-likeness (QED) is 0.345. The minimum atomic E-state index is -4.47. The van der Waals surface area contributed by atoms with E-state index in [4.69, 9.17) is 4.74 Å². The summed E-state index contributed by atoms with van der Waals surface area (Å²) in [6, 6.07) is 6.09. The molecule has 166 valence electrons. The lowest BCUT2D eigenvalue weighted by atomic mass is 10.1. The molecule has 0 radical (unpaired) electrons. The summed E-state index contributed by atoms with van der Waals surface area (Å²) < 4.78 is 48.1. The Morgan fingerprint density at radius 3 is 2.60 bits per heavy atom. The molecule has 1 aliphatic heterocycles. The Morgan fingerprint density at radius 1 is 1.27 bits per heavy atom. The van der Waals surface area contributed by atoms with Gasteiger partial charge in [-0.05, 0) is 50.5 Å². The van der Waals surface area contributed by atoms with Gasteiger partial charge in [0, 0.05) is 32.4 Å². The van der Waals surface area contributed by atoms with E-state index in [1.54, 1.807) is 13.1 Å². The van der Waals surface area contributed by atoms with Crippen LogP contribution in [0.1, 0.15) is 35.4 Å². The Kier molecular flexibility index (Phi) is 8.53. The summed E-state index contributed by atoms with van der Waals surface area (Å²) in [7, 11) is 1.58. The molecule has 0 aliphatic carbocycles. The van der Waals surface area contributed by atoms with Gasteiger partial charge in [-0.3, -0.25) is 4.99 Å². The lowest BCUT2D eigenvalue weighted by Gasteiger charge is -2.18. The van der Waals surface area contributed by atoms with Crippen molar-refractivity contribution in [2.75, 3.05) is 20.2 Å². The predicted octanol–water partition coefficient (Wildman–Crippen LogP) is 3.97. The molecule has 1 fully saturated rings. The first-order valence-corrected chi connectivity index (χ1v) is 9.58. The number of aryl methyl sites for hydroxylation is 2. The summed E-state index contributed by atoms with van der Waals surface area (Å²) in [5, 5.41) is 10.3. The molecule has 6 nitrogen and oxygen atoms in total. The Morgan fingerprint density at radius 2 is 2.03 bits per heavy atom. The zero-order chi connectivity index (χ0) is 21.0. The number of guanidine groups is 1. The molecule has 2 N–H and O–H groups in total. The number of nitrogens with one attached hydrogen (secondary N) is 2. The van der Waals surface area contributed by atoms with E-state index >= 15 is 0 Å². The molecular weight excluding hydrogens is 510 g/mol. The van der Waals surface area contributed by atoms with E-state index < -0.39 is 11.7 Å². The van der Waals surface area contributed by atoms with Crippen LogP contribution in [-0.4, -0.2) is 42.0 Å². The third kappa shape index (κ3) is 6.10. The zero-order valence-electron chi connectivity index (χ0n) is 17.2. The number of hydrogen-bond acceptors (Lipinski definition) is 3. The second-order valence-electron chi connectivity index (χ2n) is 7.12. The highest BCUT2D eigenvalue weighted by atomic mass is 127. The minimum absolute atomic E-state index is 0. The first-order chi connectivity index (χ1) is 13.8. The van der Waals surface area contributed by atoms with Crippen molar-refractivity contribution in [2.45, 2.75) is 45.5 Å². The molecule has 1 aliphatic rings. The molecule has 1 saturated heterocycles. The van der Waals surface area contributed by atoms with Crippen LogP contribution in [0.15, 0.2) is 29.3 Å². The predicted molar refractivity (Wildman–Crippen MR) is 121 cm³/mol. The molecule has 0 bridgehead atoms. The smallest absolute Gasteiger partial charge is 0.376 e. The SMILES string of the molecule is CN=C(NCc1ccc(-n2nc(C)cc2C)cc1C(F)(F)F)NCC1CCCO1.I. The van der Waals surface area contributed by atoms with Crippen LogP contribution in [-0.2, 0) is 17.5 Å². The maximum atomic E-state index is 13.7. The fourth-order valence-electron chi connectivity index (χ4n) is 3.42. The minimum Gasteiger partial charge on any atom is -0.376 e. The largest absolute Gasteiger partial charge is 0.416 e. The first-order valence-electron chi connectivity index (χ1n) is 9.58. The van der Waals surface area contributed by atoms with Crippen molar-refractivity contribution in [3.63, 3.8) is 0 Å². The van der Waals surface area contributed by atoms with Crippen LogP contribution in [0.4, 0.5) is 13.2 Å². The molecule has 1 atom stereocenters. The summed E-state index contributed by atoms with van der Waals surface area (Å²) >= 11 is 0. The van der Waals surface area contributed by atoms with Crippen molar-refractivity contribution >= 4 is 29.9 Å². The molecule has 1 unspecified atom stereocenters. The summed E-state index contributed by atoms with van der Waals surface area (Å²) in [5.74, 6) is 0.441. The van der Waals surface area contributed by atoms with Gasteiger partial charge in [-0.25, -0.2) is 4.68 Å². The lowest BCUT2D eigenvalue weighted by molar-refractivity contribution is -0.138. The van der Waals surface area contributed by atoms with Gasteiger partial charge in [-0.2, -0.15) is 18.3 Å². The molecule has 2 heterocycles. The van der Waals surface area contributed by atoms with Gasteiger partial charge in [0.1, 0.15) is 0 Å². The topological polar surface area (TPSA) is 63.5 Å². The van der Waals surface area contributed by atoms with Gasteiger partial charge >= 0.3 is 6.18 Å². The van der Waals surface area contributed by atoms with Gasteiger partial charge in [-0.15, -0.1) is 24.0 Å². The highest BCUT2D eigenvalue weighted by Gasteiger charge is 2.34. The monoisotopic (exact) mass is 537 g/mol. The second-order valence-corrected chi connectivity index (χ2v) is 7.12. The van der Waals surface area contributed by atoms with Gasteiger partial charge in [0.15, 0.2) is 5.96 Å². The Labute approximate surface area is 191 Å². The number of nitrogens with zero attached hydrogens (tertiary/aromatic N) is 3.